The highest BCUT2D eigenvalue weighted by Crippen LogP contribution is 2.34. The number of amides is 2. The van der Waals surface area contributed by atoms with Crippen molar-refractivity contribution in [2.24, 2.45) is 0 Å². The lowest BCUT2D eigenvalue weighted by atomic mass is 10.1. The molecule has 20 heavy (non-hydrogen) atoms. The van der Waals surface area contributed by atoms with E-state index in [9.17, 15) is 18.0 Å². The van der Waals surface area contributed by atoms with Crippen molar-refractivity contribution in [3.8, 4) is 0 Å². The van der Waals surface area contributed by atoms with E-state index in [1.54, 1.807) is 0 Å². The Morgan fingerprint density at radius 1 is 1.10 bits per heavy atom. The van der Waals surface area contributed by atoms with Crippen molar-refractivity contribution in [2.75, 3.05) is 10.6 Å². The molecule has 0 spiro atoms. The first kappa shape index (κ1) is 13.8. The van der Waals surface area contributed by atoms with Gasteiger partial charge in [0.2, 0.25) is 0 Å². The number of nitrogens with zero attached hydrogens (tertiary/aromatic N) is 2. The number of carbonyl (C=O) groups is 1. The number of halogens is 3. The maximum absolute atomic E-state index is 12.7. The third-order valence-corrected chi connectivity index (χ3v) is 2.29. The third-order valence-electron chi connectivity index (χ3n) is 2.29. The first-order valence-electron chi connectivity index (χ1n) is 5.47. The fraction of sp³-hybridized carbons (Fsp3) is 0.0833. The van der Waals surface area contributed by atoms with Crippen molar-refractivity contribution in [3.05, 3.63) is 48.4 Å². The van der Waals surface area contributed by atoms with Crippen LogP contribution in [0.15, 0.2) is 42.9 Å². The highest BCUT2D eigenvalue weighted by atomic mass is 19.4. The Morgan fingerprint density at radius 3 is 2.50 bits per heavy atom. The van der Waals surface area contributed by atoms with Crippen molar-refractivity contribution in [1.82, 2.24) is 9.97 Å². The minimum Gasteiger partial charge on any atom is -0.307 e. The van der Waals surface area contributed by atoms with Gasteiger partial charge in [0.05, 0.1) is 17.4 Å². The predicted octanol–water partition coefficient (Wildman–Crippen LogP) is 3.14. The smallest absolute Gasteiger partial charge is 0.307 e. The van der Waals surface area contributed by atoms with Gasteiger partial charge in [0, 0.05) is 12.4 Å². The van der Waals surface area contributed by atoms with E-state index in [1.165, 1.54) is 36.8 Å². The van der Waals surface area contributed by atoms with Gasteiger partial charge in [-0.1, -0.05) is 12.1 Å². The van der Waals surface area contributed by atoms with Crippen molar-refractivity contribution < 1.29 is 18.0 Å². The lowest BCUT2D eigenvalue weighted by Gasteiger charge is -2.13. The summed E-state index contributed by atoms with van der Waals surface area (Å²) in [6, 6.07) is 3.86. The normalized spacial score (nSPS) is 10.9. The summed E-state index contributed by atoms with van der Waals surface area (Å²) in [7, 11) is 0. The van der Waals surface area contributed by atoms with E-state index in [2.05, 4.69) is 20.6 Å². The van der Waals surface area contributed by atoms with E-state index >= 15 is 0 Å². The Bertz CT molecular complexity index is 601. The molecule has 2 amide bonds. The minimum atomic E-state index is -4.55. The first-order chi connectivity index (χ1) is 9.47. The molecule has 1 heterocycles. The highest BCUT2D eigenvalue weighted by Gasteiger charge is 2.33. The van der Waals surface area contributed by atoms with Crippen LogP contribution < -0.4 is 10.6 Å². The van der Waals surface area contributed by atoms with Crippen LogP contribution in [0.5, 0.6) is 0 Å². The van der Waals surface area contributed by atoms with Gasteiger partial charge in [-0.2, -0.15) is 13.2 Å². The van der Waals surface area contributed by atoms with Crippen LogP contribution in [-0.2, 0) is 6.18 Å². The van der Waals surface area contributed by atoms with Crippen molar-refractivity contribution >= 4 is 17.5 Å². The van der Waals surface area contributed by atoms with Gasteiger partial charge < -0.3 is 5.32 Å². The number of para-hydroxylation sites is 1. The maximum Gasteiger partial charge on any atom is 0.418 e. The number of nitrogens with one attached hydrogen (secondary N) is 2. The van der Waals surface area contributed by atoms with E-state index in [-0.39, 0.29) is 11.5 Å². The van der Waals surface area contributed by atoms with Gasteiger partial charge in [-0.05, 0) is 12.1 Å². The average molecular weight is 282 g/mol. The van der Waals surface area contributed by atoms with Gasteiger partial charge in [0.15, 0.2) is 5.82 Å². The number of rotatable bonds is 2. The second-order valence-corrected chi connectivity index (χ2v) is 3.71. The fourth-order valence-corrected chi connectivity index (χ4v) is 1.47. The number of urea groups is 1. The van der Waals surface area contributed by atoms with Crippen LogP contribution in [-0.4, -0.2) is 16.0 Å². The zero-order valence-electron chi connectivity index (χ0n) is 9.98. The molecular weight excluding hydrogens is 273 g/mol. The quantitative estimate of drug-likeness (QED) is 0.889. The zero-order valence-corrected chi connectivity index (χ0v) is 9.98. The van der Waals surface area contributed by atoms with Gasteiger partial charge in [-0.15, -0.1) is 0 Å². The van der Waals surface area contributed by atoms with Crippen molar-refractivity contribution in [2.45, 2.75) is 6.18 Å². The maximum atomic E-state index is 12.7. The van der Waals surface area contributed by atoms with Crippen molar-refractivity contribution in [3.63, 3.8) is 0 Å². The monoisotopic (exact) mass is 282 g/mol. The number of benzene rings is 1. The summed E-state index contributed by atoms with van der Waals surface area (Å²) < 4.78 is 38.2. The molecule has 0 fully saturated rings. The molecule has 0 atom stereocenters. The standard InChI is InChI=1S/C12H9F3N4O/c13-12(14,15)8-3-1-2-4-9(8)18-11(20)19-10-7-16-5-6-17-10/h1-7H,(H2,17,18,19,20). The molecule has 0 aliphatic carbocycles. The largest absolute Gasteiger partial charge is 0.418 e. The van der Waals surface area contributed by atoms with E-state index < -0.39 is 17.8 Å². The molecule has 1 aromatic heterocycles. The Hall–Kier alpha value is -2.64. The fourth-order valence-electron chi connectivity index (χ4n) is 1.47. The van der Waals surface area contributed by atoms with Crippen LogP contribution in [0.1, 0.15) is 5.56 Å². The molecule has 0 aliphatic rings. The number of carbonyl (C=O) groups excluding carboxylic acids is 1. The minimum absolute atomic E-state index is 0.134. The molecule has 0 radical (unpaired) electrons. The van der Waals surface area contributed by atoms with E-state index in [0.717, 1.165) is 6.07 Å². The van der Waals surface area contributed by atoms with Crippen LogP contribution in [0.3, 0.4) is 0 Å². The Morgan fingerprint density at radius 2 is 1.85 bits per heavy atom. The summed E-state index contributed by atoms with van der Waals surface area (Å²) >= 11 is 0. The summed E-state index contributed by atoms with van der Waals surface area (Å²) in [5, 5.41) is 4.41. The second-order valence-electron chi connectivity index (χ2n) is 3.71. The number of alkyl halides is 3. The van der Waals surface area contributed by atoms with Crippen LogP contribution in [0.4, 0.5) is 29.5 Å². The van der Waals surface area contributed by atoms with Crippen LogP contribution in [0, 0.1) is 0 Å². The predicted molar refractivity (Wildman–Crippen MR) is 66.1 cm³/mol. The lowest BCUT2D eigenvalue weighted by Crippen LogP contribution is -2.22. The molecule has 0 saturated heterocycles. The van der Waals surface area contributed by atoms with Crippen LogP contribution in [0.25, 0.3) is 0 Å². The van der Waals surface area contributed by atoms with Gasteiger partial charge >= 0.3 is 12.2 Å². The molecule has 2 aromatic rings. The molecule has 5 nitrogen and oxygen atoms in total. The first-order valence-corrected chi connectivity index (χ1v) is 5.47. The summed E-state index contributed by atoms with van der Waals surface area (Å²) in [4.78, 5) is 19.1. The van der Waals surface area contributed by atoms with E-state index in [4.69, 9.17) is 0 Å². The molecule has 8 heteroatoms. The SMILES string of the molecule is O=C(Nc1cnccn1)Nc1ccccc1C(F)(F)F. The lowest BCUT2D eigenvalue weighted by molar-refractivity contribution is -0.136. The molecule has 0 bridgehead atoms. The van der Waals surface area contributed by atoms with Crippen LogP contribution in [0.2, 0.25) is 0 Å². The summed E-state index contributed by atoms with van der Waals surface area (Å²) in [5.41, 5.74) is -1.25. The topological polar surface area (TPSA) is 66.9 Å². The molecule has 0 unspecified atom stereocenters. The number of hydrogen-bond donors (Lipinski definition) is 2. The average Bonchev–Trinajstić information content (AvgIpc) is 2.39. The third kappa shape index (κ3) is 3.44. The molecule has 2 rings (SSSR count). The number of aromatic nitrogens is 2. The summed E-state index contributed by atoms with van der Waals surface area (Å²) in [5.74, 6) is 0.134. The Kier molecular flexibility index (Phi) is 3.83. The van der Waals surface area contributed by atoms with Gasteiger partial charge in [0.25, 0.3) is 0 Å². The molecule has 0 saturated carbocycles. The second kappa shape index (κ2) is 5.55. The van der Waals surface area contributed by atoms with E-state index in [0.29, 0.717) is 0 Å². The molecule has 2 N–H and O–H groups in total. The summed E-state index contributed by atoms with van der Waals surface area (Å²) in [6.07, 6.45) is -0.521. The number of hydrogen-bond acceptors (Lipinski definition) is 3. The molecule has 104 valence electrons. The van der Waals surface area contributed by atoms with Crippen LogP contribution >= 0.6 is 0 Å². The van der Waals surface area contributed by atoms with Gasteiger partial charge in [-0.3, -0.25) is 10.3 Å². The number of anilines is 2. The molecule has 1 aromatic carbocycles. The van der Waals surface area contributed by atoms with Gasteiger partial charge in [-0.25, -0.2) is 9.78 Å². The highest BCUT2D eigenvalue weighted by molar-refractivity contribution is 5.99. The van der Waals surface area contributed by atoms with E-state index in [1.807, 2.05) is 0 Å². The summed E-state index contributed by atoms with van der Waals surface area (Å²) in [6.45, 7) is 0. The zero-order chi connectivity index (χ0) is 14.6. The Balaban J connectivity index is 2.13. The molecule has 0 aliphatic heterocycles. The van der Waals surface area contributed by atoms with Crippen molar-refractivity contribution in [1.29, 1.82) is 0 Å². The Labute approximate surface area is 111 Å². The molecular formula is C12H9F3N4O. The van der Waals surface area contributed by atoms with Gasteiger partial charge in [0.1, 0.15) is 0 Å².